The second-order valence-electron chi connectivity index (χ2n) is 13.8. The number of aromatic nitrogens is 3. The molecule has 2 heterocycles. The maximum atomic E-state index is 14.1. The fraction of sp³-hybridized carbons (Fsp3) is 0.0625. The molecule has 0 aliphatic carbocycles. The Morgan fingerprint density at radius 2 is 0.887 bits per heavy atom. The van der Waals surface area contributed by atoms with Crippen molar-refractivity contribution >= 4 is 0 Å². The fourth-order valence-electron chi connectivity index (χ4n) is 7.13. The lowest BCUT2D eigenvalue weighted by atomic mass is 9.85. The summed E-state index contributed by atoms with van der Waals surface area (Å²) >= 11 is 0. The minimum atomic E-state index is -0.490. The van der Waals surface area contributed by atoms with E-state index in [-0.39, 0.29) is 5.82 Å². The first kappa shape index (κ1) is 32.2. The summed E-state index contributed by atoms with van der Waals surface area (Å²) in [5, 5.41) is 0. The Morgan fingerprint density at radius 3 is 1.62 bits per heavy atom. The molecule has 0 saturated heterocycles. The van der Waals surface area contributed by atoms with Gasteiger partial charge in [-0.1, -0.05) is 127 Å². The van der Waals surface area contributed by atoms with E-state index in [1.807, 2.05) is 60.7 Å². The lowest BCUT2D eigenvalue weighted by Gasteiger charge is -2.35. The molecule has 0 unspecified atom stereocenters. The van der Waals surface area contributed by atoms with Gasteiger partial charge in [0.05, 0.1) is 0 Å². The van der Waals surface area contributed by atoms with E-state index in [0.29, 0.717) is 17.5 Å². The fourth-order valence-corrected chi connectivity index (χ4v) is 7.13. The topological polar surface area (TPSA) is 47.9 Å². The molecule has 0 spiro atoms. The molecule has 0 fully saturated rings. The van der Waals surface area contributed by atoms with Gasteiger partial charge in [0, 0.05) is 27.8 Å². The third-order valence-corrected chi connectivity index (χ3v) is 9.81. The number of fused-ring (bicyclic) bond motifs is 3. The summed E-state index contributed by atoms with van der Waals surface area (Å²) in [5.74, 6) is 2.23. The van der Waals surface area contributed by atoms with Gasteiger partial charge in [-0.15, -0.1) is 0 Å². The first-order valence-corrected chi connectivity index (χ1v) is 17.7. The Hall–Kier alpha value is -6.72. The van der Waals surface area contributed by atoms with Crippen LogP contribution in [0.1, 0.15) is 19.4 Å². The number of nitrogens with zero attached hydrogens (tertiary/aromatic N) is 3. The van der Waals surface area contributed by atoms with E-state index in [0.717, 1.165) is 66.9 Å². The predicted octanol–water partition coefficient (Wildman–Crippen LogP) is 12.3. The molecule has 0 N–H and O–H groups in total. The molecule has 9 rings (SSSR count). The zero-order valence-corrected chi connectivity index (χ0v) is 29.3. The van der Waals surface area contributed by atoms with Crippen molar-refractivity contribution in [2.75, 3.05) is 0 Å². The monoisotopic (exact) mass is 687 g/mol. The highest BCUT2D eigenvalue weighted by Gasteiger charge is 2.32. The van der Waals surface area contributed by atoms with E-state index >= 15 is 0 Å². The molecule has 0 amide bonds. The van der Waals surface area contributed by atoms with E-state index in [4.69, 9.17) is 19.7 Å². The lowest BCUT2D eigenvalue weighted by Crippen LogP contribution is -2.29. The average Bonchev–Trinajstić information content (AvgIpc) is 3.21. The number of hydrogen-bond donors (Lipinski definition) is 0. The van der Waals surface area contributed by atoms with Crippen molar-refractivity contribution in [3.05, 3.63) is 181 Å². The number of hydrogen-bond acceptors (Lipinski definition) is 4. The van der Waals surface area contributed by atoms with Gasteiger partial charge in [-0.3, -0.25) is 0 Å². The van der Waals surface area contributed by atoms with Gasteiger partial charge in [0.2, 0.25) is 0 Å². The van der Waals surface area contributed by atoms with Crippen LogP contribution in [0.15, 0.2) is 170 Å². The third-order valence-electron chi connectivity index (χ3n) is 9.81. The molecular formula is C48H34FN3O. The molecule has 1 aromatic heterocycles. The van der Waals surface area contributed by atoms with Crippen molar-refractivity contribution in [3.8, 4) is 84.4 Å². The molecule has 0 atom stereocenters. The standard InChI is InChI=1S/C48H34FN3O/c1-48(2)43-19-10-9-18-41(43)42-25-22-35(30-44(42)53-48)38-27-37(32-20-23-40(49)24-21-32)28-39(29-38)47-51-45(33-14-7-4-8-15-33)50-46(52-47)36-17-11-16-34(26-36)31-12-5-3-6-13-31/h3-30H,1-2H3. The Morgan fingerprint density at radius 1 is 0.396 bits per heavy atom. The summed E-state index contributed by atoms with van der Waals surface area (Å²) in [5.41, 5.74) is 11.4. The van der Waals surface area contributed by atoms with Crippen molar-refractivity contribution < 1.29 is 9.13 Å². The Kier molecular flexibility index (Phi) is 7.97. The summed E-state index contributed by atoms with van der Waals surface area (Å²) < 4.78 is 20.8. The van der Waals surface area contributed by atoms with Crippen LogP contribution in [0.2, 0.25) is 0 Å². The van der Waals surface area contributed by atoms with E-state index < -0.39 is 5.60 Å². The average molecular weight is 688 g/mol. The largest absolute Gasteiger partial charge is 0.482 e. The molecule has 8 aromatic rings. The highest BCUT2D eigenvalue weighted by atomic mass is 19.1. The van der Waals surface area contributed by atoms with Gasteiger partial charge in [0.15, 0.2) is 17.5 Å². The van der Waals surface area contributed by atoms with Crippen LogP contribution in [-0.2, 0) is 5.60 Å². The van der Waals surface area contributed by atoms with Crippen molar-refractivity contribution in [1.82, 2.24) is 15.0 Å². The van der Waals surface area contributed by atoms with Crippen LogP contribution in [0, 0.1) is 5.82 Å². The van der Waals surface area contributed by atoms with Crippen LogP contribution >= 0.6 is 0 Å². The Bertz CT molecular complexity index is 2620. The summed E-state index contributed by atoms with van der Waals surface area (Å²) in [6.45, 7) is 4.21. The molecule has 53 heavy (non-hydrogen) atoms. The summed E-state index contributed by atoms with van der Waals surface area (Å²) in [7, 11) is 0. The lowest BCUT2D eigenvalue weighted by molar-refractivity contribution is 0.106. The minimum Gasteiger partial charge on any atom is -0.482 e. The molecule has 5 heteroatoms. The maximum absolute atomic E-state index is 14.1. The molecule has 7 aromatic carbocycles. The molecular weight excluding hydrogens is 654 g/mol. The quantitative estimate of drug-likeness (QED) is 0.175. The van der Waals surface area contributed by atoms with E-state index in [2.05, 4.69) is 98.8 Å². The normalized spacial score (nSPS) is 12.7. The predicted molar refractivity (Wildman–Crippen MR) is 211 cm³/mol. The van der Waals surface area contributed by atoms with Gasteiger partial charge in [0.1, 0.15) is 17.2 Å². The van der Waals surface area contributed by atoms with Crippen LogP contribution < -0.4 is 4.74 Å². The number of halogens is 1. The molecule has 254 valence electrons. The Balaban J connectivity index is 1.23. The third kappa shape index (κ3) is 6.27. The summed E-state index contributed by atoms with van der Waals surface area (Å²) in [6.07, 6.45) is 0. The van der Waals surface area contributed by atoms with Crippen molar-refractivity contribution in [3.63, 3.8) is 0 Å². The van der Waals surface area contributed by atoms with Crippen LogP contribution in [0.4, 0.5) is 4.39 Å². The summed E-state index contributed by atoms with van der Waals surface area (Å²) in [6, 6.07) is 56.3. The van der Waals surface area contributed by atoms with Crippen molar-refractivity contribution in [2.45, 2.75) is 19.4 Å². The van der Waals surface area contributed by atoms with Crippen LogP contribution in [-0.4, -0.2) is 15.0 Å². The molecule has 0 bridgehead atoms. The Labute approximate surface area is 308 Å². The van der Waals surface area contributed by atoms with Gasteiger partial charge in [0.25, 0.3) is 0 Å². The first-order valence-electron chi connectivity index (χ1n) is 17.7. The van der Waals surface area contributed by atoms with E-state index in [1.165, 1.54) is 17.7 Å². The highest BCUT2D eigenvalue weighted by molar-refractivity contribution is 5.84. The van der Waals surface area contributed by atoms with E-state index in [9.17, 15) is 4.39 Å². The number of benzene rings is 7. The zero-order chi connectivity index (χ0) is 35.9. The van der Waals surface area contributed by atoms with Crippen molar-refractivity contribution in [2.24, 2.45) is 0 Å². The van der Waals surface area contributed by atoms with E-state index in [1.54, 1.807) is 12.1 Å². The smallest absolute Gasteiger partial charge is 0.164 e. The SMILES string of the molecule is CC1(C)Oc2cc(-c3cc(-c4ccc(F)cc4)cc(-c4nc(-c5ccccc5)nc(-c5cccc(-c6ccccc6)c5)n4)c3)ccc2-c2ccccc21. The minimum absolute atomic E-state index is 0.285. The van der Waals surface area contributed by atoms with Crippen molar-refractivity contribution in [1.29, 1.82) is 0 Å². The highest BCUT2D eigenvalue weighted by Crippen LogP contribution is 2.47. The van der Waals surface area contributed by atoms with Gasteiger partial charge in [-0.25, -0.2) is 19.3 Å². The molecule has 1 aliphatic heterocycles. The number of ether oxygens (including phenoxy) is 1. The molecule has 0 saturated carbocycles. The van der Waals surface area contributed by atoms with Gasteiger partial charge in [-0.2, -0.15) is 0 Å². The first-order chi connectivity index (χ1) is 25.9. The molecule has 1 aliphatic rings. The van der Waals surface area contributed by atoms with Gasteiger partial charge >= 0.3 is 0 Å². The van der Waals surface area contributed by atoms with Gasteiger partial charge < -0.3 is 4.74 Å². The van der Waals surface area contributed by atoms with Gasteiger partial charge in [-0.05, 0) is 95.3 Å². The van der Waals surface area contributed by atoms with Crippen LogP contribution in [0.3, 0.4) is 0 Å². The summed E-state index contributed by atoms with van der Waals surface area (Å²) in [4.78, 5) is 15.2. The van der Waals surface area contributed by atoms with Crippen LogP contribution in [0.25, 0.3) is 78.7 Å². The van der Waals surface area contributed by atoms with Crippen LogP contribution in [0.5, 0.6) is 5.75 Å². The maximum Gasteiger partial charge on any atom is 0.164 e. The second kappa shape index (κ2) is 13.1. The molecule has 4 nitrogen and oxygen atoms in total. The zero-order valence-electron chi connectivity index (χ0n) is 29.3. The molecule has 0 radical (unpaired) electrons. The second-order valence-corrected chi connectivity index (χ2v) is 13.8. The number of rotatable bonds is 6.